The molecule has 0 unspecified atom stereocenters. The van der Waals surface area contributed by atoms with Crippen LogP contribution in [0.25, 0.3) is 11.1 Å². The fourth-order valence-corrected chi connectivity index (χ4v) is 3.59. The summed E-state index contributed by atoms with van der Waals surface area (Å²) in [6, 6.07) is 6.07. The Bertz CT molecular complexity index is 645. The maximum atomic E-state index is 11.2. The minimum absolute atomic E-state index is 0.648. The van der Waals surface area contributed by atoms with Gasteiger partial charge in [0.25, 0.3) is 5.69 Å². The van der Waals surface area contributed by atoms with Gasteiger partial charge in [0.05, 0.1) is 5.56 Å². The maximum absolute atomic E-state index is 11.2. The van der Waals surface area contributed by atoms with Crippen LogP contribution in [0.3, 0.4) is 0 Å². The molecule has 5 heteroatoms. The van der Waals surface area contributed by atoms with Gasteiger partial charge in [-0.2, -0.15) is 11.3 Å². The number of thiophene rings is 1. The lowest BCUT2D eigenvalue weighted by molar-refractivity contribution is -0.378. The summed E-state index contributed by atoms with van der Waals surface area (Å²) >= 11 is 1.67. The minimum Gasteiger partial charge on any atom is -0.369 e. The smallest absolute Gasteiger partial charge is 0.261 e. The summed E-state index contributed by atoms with van der Waals surface area (Å²) in [6.45, 7) is 6.30. The van der Waals surface area contributed by atoms with Crippen molar-refractivity contribution in [3.8, 4) is 11.1 Å². The summed E-state index contributed by atoms with van der Waals surface area (Å²) in [4.78, 5) is 16.0. The van der Waals surface area contributed by atoms with Gasteiger partial charge in [-0.1, -0.05) is 0 Å². The van der Waals surface area contributed by atoms with Crippen LogP contribution in [0.4, 0.5) is 11.4 Å². The van der Waals surface area contributed by atoms with Crippen LogP contribution in [-0.4, -0.2) is 38.1 Å². The van der Waals surface area contributed by atoms with Crippen LogP contribution in [0.15, 0.2) is 29.0 Å². The molecule has 0 amide bonds. The summed E-state index contributed by atoms with van der Waals surface area (Å²) in [5.41, 5.74) is 5.21. The summed E-state index contributed by atoms with van der Waals surface area (Å²) in [5.74, 6) is 0. The minimum atomic E-state index is 0.648. The van der Waals surface area contributed by atoms with Crippen LogP contribution in [0, 0.1) is 11.8 Å². The molecule has 2 aromatic rings. The van der Waals surface area contributed by atoms with Crippen molar-refractivity contribution in [3.05, 3.63) is 39.4 Å². The Morgan fingerprint density at radius 1 is 1.10 bits per heavy atom. The van der Waals surface area contributed by atoms with E-state index >= 15 is 0 Å². The van der Waals surface area contributed by atoms with Crippen LogP contribution < -0.4 is 10.1 Å². The Labute approximate surface area is 129 Å². The van der Waals surface area contributed by atoms with Crippen molar-refractivity contribution in [2.75, 3.05) is 38.1 Å². The van der Waals surface area contributed by atoms with Crippen LogP contribution in [0.2, 0.25) is 0 Å². The Morgan fingerprint density at radius 2 is 1.86 bits per heavy atom. The number of hydrogen-bond donors (Lipinski definition) is 1. The van der Waals surface area contributed by atoms with Gasteiger partial charge in [-0.3, -0.25) is 0 Å². The van der Waals surface area contributed by atoms with E-state index in [1.807, 2.05) is 12.1 Å². The van der Waals surface area contributed by atoms with Crippen molar-refractivity contribution in [2.24, 2.45) is 0 Å². The summed E-state index contributed by atoms with van der Waals surface area (Å²) in [6.07, 6.45) is 0. The predicted octanol–water partition coefficient (Wildman–Crippen LogP) is 1.95. The predicted molar refractivity (Wildman–Crippen MR) is 88.2 cm³/mol. The highest BCUT2D eigenvalue weighted by atomic mass is 32.1. The van der Waals surface area contributed by atoms with E-state index in [1.165, 1.54) is 11.3 Å². The van der Waals surface area contributed by atoms with Crippen LogP contribution in [0.5, 0.6) is 0 Å². The molecule has 1 aromatic carbocycles. The first-order chi connectivity index (χ1) is 10.2. The third-order valence-corrected chi connectivity index (χ3v) is 4.99. The van der Waals surface area contributed by atoms with E-state index in [-0.39, 0.29) is 0 Å². The maximum Gasteiger partial charge on any atom is 0.261 e. The van der Waals surface area contributed by atoms with E-state index in [4.69, 9.17) is 0 Å². The number of aryl methyl sites for hydroxylation is 1. The van der Waals surface area contributed by atoms with Crippen LogP contribution in [0.1, 0.15) is 5.56 Å². The van der Waals surface area contributed by atoms with Crippen LogP contribution >= 0.6 is 11.3 Å². The van der Waals surface area contributed by atoms with Crippen molar-refractivity contribution in [1.82, 2.24) is 4.90 Å². The zero-order valence-electron chi connectivity index (χ0n) is 12.4. The van der Waals surface area contributed by atoms with Gasteiger partial charge in [-0.25, -0.2) is 0 Å². The first-order valence-electron chi connectivity index (χ1n) is 7.18. The largest absolute Gasteiger partial charge is 0.369 e. The SMILES string of the molecule is Cc1cscc1-c1cc(N2CCN(C)CC2)ccc1[NH+]=O. The fraction of sp³-hybridized carbons (Fsp3) is 0.375. The fourth-order valence-electron chi connectivity index (χ4n) is 2.74. The lowest BCUT2D eigenvalue weighted by Crippen LogP contribution is -2.56. The number of piperazine rings is 1. The monoisotopic (exact) mass is 302 g/mol. The second-order valence-electron chi connectivity index (χ2n) is 5.59. The molecule has 1 saturated heterocycles. The highest BCUT2D eigenvalue weighted by Gasteiger charge is 2.19. The molecule has 1 aromatic heterocycles. The molecule has 110 valence electrons. The molecule has 0 spiro atoms. The van der Waals surface area contributed by atoms with E-state index in [0.717, 1.165) is 37.3 Å². The second kappa shape index (κ2) is 5.95. The molecule has 4 nitrogen and oxygen atoms in total. The number of nitroso groups, excluding NO2 is 1. The lowest BCUT2D eigenvalue weighted by Gasteiger charge is -2.34. The topological polar surface area (TPSA) is 37.5 Å². The Hall–Kier alpha value is -1.72. The van der Waals surface area contributed by atoms with Gasteiger partial charge in [0.2, 0.25) is 0 Å². The molecule has 1 aliphatic heterocycles. The Balaban J connectivity index is 1.97. The first kappa shape index (κ1) is 14.2. The van der Waals surface area contributed by atoms with Gasteiger partial charge < -0.3 is 9.80 Å². The molecule has 0 bridgehead atoms. The van der Waals surface area contributed by atoms with E-state index < -0.39 is 0 Å². The molecular weight excluding hydrogens is 282 g/mol. The molecule has 1 aliphatic rings. The van der Waals surface area contributed by atoms with Gasteiger partial charge in [0, 0.05) is 53.6 Å². The van der Waals surface area contributed by atoms with Gasteiger partial charge in [-0.15, -0.1) is 0 Å². The standard InChI is InChI=1S/C16H19N3OS/c1-12-10-21-11-15(12)14-9-13(3-4-16(14)17-20)19-7-5-18(2)6-8-19/h3-4,9-11H,5-8H2,1-2H3/p+1. The first-order valence-corrected chi connectivity index (χ1v) is 8.12. The van der Waals surface area contributed by atoms with Crippen molar-refractivity contribution >= 4 is 22.7 Å². The normalized spacial score (nSPS) is 16.2. The van der Waals surface area contributed by atoms with Gasteiger partial charge in [-0.05, 0) is 42.4 Å². The van der Waals surface area contributed by atoms with E-state index in [2.05, 4.69) is 45.8 Å². The Morgan fingerprint density at radius 3 is 2.48 bits per heavy atom. The number of nitrogens with one attached hydrogen (secondary N) is 1. The third kappa shape index (κ3) is 2.84. The summed E-state index contributed by atoms with van der Waals surface area (Å²) in [7, 11) is 2.15. The number of likely N-dealkylation sites (N-methyl/N-ethyl adjacent to an activating group) is 1. The van der Waals surface area contributed by atoms with E-state index in [0.29, 0.717) is 5.69 Å². The van der Waals surface area contributed by atoms with Crippen molar-refractivity contribution in [3.63, 3.8) is 0 Å². The zero-order valence-corrected chi connectivity index (χ0v) is 13.2. The van der Waals surface area contributed by atoms with Crippen molar-refractivity contribution < 1.29 is 5.18 Å². The van der Waals surface area contributed by atoms with E-state index in [1.54, 1.807) is 11.3 Å². The van der Waals surface area contributed by atoms with Crippen molar-refractivity contribution in [1.29, 1.82) is 0 Å². The van der Waals surface area contributed by atoms with Gasteiger partial charge >= 0.3 is 0 Å². The molecular formula is C16H20N3OS+. The molecule has 21 heavy (non-hydrogen) atoms. The molecule has 0 saturated carbocycles. The van der Waals surface area contributed by atoms with Gasteiger partial charge in [0.15, 0.2) is 0 Å². The average molecular weight is 302 g/mol. The molecule has 0 aliphatic carbocycles. The molecule has 1 N–H and O–H groups in total. The summed E-state index contributed by atoms with van der Waals surface area (Å²) < 4.78 is 0. The molecule has 0 atom stereocenters. The molecule has 2 heterocycles. The third-order valence-electron chi connectivity index (χ3n) is 4.13. The second-order valence-corrected chi connectivity index (χ2v) is 6.33. The summed E-state index contributed by atoms with van der Waals surface area (Å²) in [5, 5.41) is 6.30. The highest BCUT2D eigenvalue weighted by Crippen LogP contribution is 2.33. The van der Waals surface area contributed by atoms with Crippen molar-refractivity contribution in [2.45, 2.75) is 6.92 Å². The number of hydrogen-bond acceptors (Lipinski definition) is 4. The molecule has 0 radical (unpaired) electrons. The highest BCUT2D eigenvalue weighted by molar-refractivity contribution is 7.08. The number of anilines is 1. The van der Waals surface area contributed by atoms with Gasteiger partial charge in [0.1, 0.15) is 0 Å². The Kier molecular flexibility index (Phi) is 4.03. The number of rotatable bonds is 3. The zero-order chi connectivity index (χ0) is 14.8. The number of benzene rings is 1. The van der Waals surface area contributed by atoms with Crippen LogP contribution in [-0.2, 0) is 0 Å². The molecule has 1 fully saturated rings. The number of nitrogens with zero attached hydrogens (tertiary/aromatic N) is 2. The van der Waals surface area contributed by atoms with E-state index in [9.17, 15) is 4.91 Å². The quantitative estimate of drug-likeness (QED) is 0.942. The lowest BCUT2D eigenvalue weighted by atomic mass is 10.0. The average Bonchev–Trinajstić information content (AvgIpc) is 2.93. The molecule has 3 rings (SSSR count).